The first-order valence-electron chi connectivity index (χ1n) is 7.73. The number of fused-ring (bicyclic) bond motifs is 1. The normalized spacial score (nSPS) is 12.2. The number of halogens is 1. The van der Waals surface area contributed by atoms with E-state index in [2.05, 4.69) is 31.2 Å². The van der Waals surface area contributed by atoms with Crippen LogP contribution in [-0.4, -0.2) is 16.6 Å². The Balaban J connectivity index is 1.61. The highest BCUT2D eigenvalue weighted by Gasteiger charge is 2.20. The molecule has 6 nitrogen and oxygen atoms in total. The van der Waals surface area contributed by atoms with Crippen molar-refractivity contribution >= 4 is 33.2 Å². The molecule has 0 spiro atoms. The summed E-state index contributed by atoms with van der Waals surface area (Å²) in [5.41, 5.74) is 5.06. The number of nitriles is 1. The number of anilines is 1. The highest BCUT2D eigenvalue weighted by atomic mass is 79.9. The van der Waals surface area contributed by atoms with Gasteiger partial charge in [-0.15, -0.1) is 0 Å². The van der Waals surface area contributed by atoms with E-state index in [9.17, 15) is 4.79 Å². The predicted molar refractivity (Wildman–Crippen MR) is 99.1 cm³/mol. The second kappa shape index (κ2) is 6.58. The van der Waals surface area contributed by atoms with E-state index < -0.39 is 0 Å². The van der Waals surface area contributed by atoms with Gasteiger partial charge < -0.3 is 9.73 Å². The molecule has 0 aliphatic carbocycles. The maximum atomic E-state index is 12.5. The second-order valence-corrected chi connectivity index (χ2v) is 6.52. The molecule has 1 aliphatic rings. The van der Waals surface area contributed by atoms with E-state index in [4.69, 9.17) is 9.68 Å². The molecular weight excluding hydrogens is 396 g/mol. The minimum absolute atomic E-state index is 0.216. The standard InChI is InChI=1S/C19H11BrN4O2/c20-16-5-11(7-21)8-22-18(16)19(25)24-14-2-1-12-9-23-17(15(12)6-14)13-3-4-26-10-13/h1-6,8,10H,9H2,(H,24,25). The fraction of sp³-hybridized carbons (Fsp3) is 0.0526. The zero-order valence-electron chi connectivity index (χ0n) is 13.4. The topological polar surface area (TPSA) is 91.3 Å². The molecular formula is C19H11BrN4O2. The van der Waals surface area contributed by atoms with Gasteiger partial charge in [0.25, 0.3) is 5.91 Å². The molecule has 7 heteroatoms. The van der Waals surface area contributed by atoms with Gasteiger partial charge >= 0.3 is 0 Å². The van der Waals surface area contributed by atoms with Crippen LogP contribution >= 0.6 is 15.9 Å². The van der Waals surface area contributed by atoms with Crippen LogP contribution in [0.4, 0.5) is 5.69 Å². The van der Waals surface area contributed by atoms with Crippen LogP contribution in [-0.2, 0) is 6.54 Å². The van der Waals surface area contributed by atoms with Gasteiger partial charge in [-0.3, -0.25) is 9.79 Å². The Bertz CT molecular complexity index is 1080. The van der Waals surface area contributed by atoms with Gasteiger partial charge in [0.2, 0.25) is 0 Å². The van der Waals surface area contributed by atoms with Crippen LogP contribution in [0.5, 0.6) is 0 Å². The lowest BCUT2D eigenvalue weighted by molar-refractivity contribution is 0.102. The summed E-state index contributed by atoms with van der Waals surface area (Å²) in [7, 11) is 0. The van der Waals surface area contributed by atoms with E-state index in [1.807, 2.05) is 30.3 Å². The number of carbonyl (C=O) groups is 1. The van der Waals surface area contributed by atoms with E-state index in [-0.39, 0.29) is 11.6 Å². The van der Waals surface area contributed by atoms with Crippen LogP contribution in [0.2, 0.25) is 0 Å². The van der Waals surface area contributed by atoms with Gasteiger partial charge in [-0.25, -0.2) is 4.98 Å². The number of amides is 1. The molecule has 1 amide bonds. The van der Waals surface area contributed by atoms with E-state index in [0.29, 0.717) is 22.3 Å². The molecule has 3 heterocycles. The molecule has 3 aromatic rings. The summed E-state index contributed by atoms with van der Waals surface area (Å²) in [6.07, 6.45) is 4.62. The first-order chi connectivity index (χ1) is 12.7. The molecule has 126 valence electrons. The number of nitrogens with one attached hydrogen (secondary N) is 1. The highest BCUT2D eigenvalue weighted by molar-refractivity contribution is 9.10. The first kappa shape index (κ1) is 16.2. The van der Waals surface area contributed by atoms with Gasteiger partial charge in [0.1, 0.15) is 11.8 Å². The number of aliphatic imine (C=N–C) groups is 1. The lowest BCUT2D eigenvalue weighted by Crippen LogP contribution is -2.15. The molecule has 0 unspecified atom stereocenters. The van der Waals surface area contributed by atoms with Crippen molar-refractivity contribution in [2.24, 2.45) is 4.99 Å². The zero-order valence-corrected chi connectivity index (χ0v) is 14.9. The fourth-order valence-electron chi connectivity index (χ4n) is 2.76. The van der Waals surface area contributed by atoms with Crippen LogP contribution in [0.15, 0.2) is 62.9 Å². The van der Waals surface area contributed by atoms with Crippen molar-refractivity contribution in [2.45, 2.75) is 6.54 Å². The van der Waals surface area contributed by atoms with Crippen molar-refractivity contribution in [3.63, 3.8) is 0 Å². The second-order valence-electron chi connectivity index (χ2n) is 5.67. The average molecular weight is 407 g/mol. The van der Waals surface area contributed by atoms with Gasteiger partial charge in [-0.05, 0) is 45.8 Å². The average Bonchev–Trinajstić information content (AvgIpc) is 3.30. The molecule has 26 heavy (non-hydrogen) atoms. The van der Waals surface area contributed by atoms with Crippen molar-refractivity contribution in [2.75, 3.05) is 5.32 Å². The number of nitrogens with zero attached hydrogens (tertiary/aromatic N) is 3. The number of pyridine rings is 1. The zero-order chi connectivity index (χ0) is 18.1. The molecule has 1 aromatic carbocycles. The van der Waals surface area contributed by atoms with Crippen LogP contribution in [0.3, 0.4) is 0 Å². The van der Waals surface area contributed by atoms with E-state index in [1.54, 1.807) is 18.6 Å². The van der Waals surface area contributed by atoms with Crippen molar-refractivity contribution in [3.05, 3.63) is 81.5 Å². The molecule has 0 saturated heterocycles. The minimum atomic E-state index is -0.360. The SMILES string of the molecule is N#Cc1cnc(C(=O)Nc2ccc3c(c2)C(c2ccoc2)=NC3)c(Br)c1. The Morgan fingerprint density at radius 1 is 1.31 bits per heavy atom. The van der Waals surface area contributed by atoms with Gasteiger partial charge in [-0.1, -0.05) is 6.07 Å². The number of rotatable bonds is 3. The molecule has 0 saturated carbocycles. The number of hydrogen-bond donors (Lipinski definition) is 1. The molecule has 4 rings (SSSR count). The van der Waals surface area contributed by atoms with Gasteiger partial charge in [0, 0.05) is 23.0 Å². The third kappa shape index (κ3) is 2.91. The monoisotopic (exact) mass is 406 g/mol. The molecule has 2 aromatic heterocycles. The molecule has 0 atom stereocenters. The molecule has 1 N–H and O–H groups in total. The molecule has 0 fully saturated rings. The van der Waals surface area contributed by atoms with E-state index >= 15 is 0 Å². The highest BCUT2D eigenvalue weighted by Crippen LogP contribution is 2.27. The van der Waals surface area contributed by atoms with Gasteiger partial charge in [0.15, 0.2) is 0 Å². The number of hydrogen-bond acceptors (Lipinski definition) is 5. The summed E-state index contributed by atoms with van der Waals surface area (Å²) in [4.78, 5) is 21.1. The van der Waals surface area contributed by atoms with Crippen LogP contribution in [0.1, 0.15) is 32.7 Å². The fourth-order valence-corrected chi connectivity index (χ4v) is 3.29. The van der Waals surface area contributed by atoms with E-state index in [1.165, 1.54) is 6.20 Å². The van der Waals surface area contributed by atoms with Crippen molar-refractivity contribution in [3.8, 4) is 6.07 Å². The largest absolute Gasteiger partial charge is 0.472 e. The molecule has 0 bridgehead atoms. The maximum Gasteiger partial charge on any atom is 0.275 e. The number of aromatic nitrogens is 1. The summed E-state index contributed by atoms with van der Waals surface area (Å²) in [6, 6.07) is 11.1. The first-order valence-corrected chi connectivity index (χ1v) is 8.52. The van der Waals surface area contributed by atoms with Crippen molar-refractivity contribution < 1.29 is 9.21 Å². The van der Waals surface area contributed by atoms with Crippen LogP contribution < -0.4 is 5.32 Å². The summed E-state index contributed by atoms with van der Waals surface area (Å²) in [5.74, 6) is -0.360. The van der Waals surface area contributed by atoms with Gasteiger partial charge in [-0.2, -0.15) is 5.26 Å². The Morgan fingerprint density at radius 2 is 2.19 bits per heavy atom. The Hall–Kier alpha value is -3.24. The summed E-state index contributed by atoms with van der Waals surface area (Å²) < 4.78 is 5.61. The Kier molecular flexibility index (Phi) is 4.11. The smallest absolute Gasteiger partial charge is 0.275 e. The third-order valence-corrected chi connectivity index (χ3v) is 4.61. The number of furan rings is 1. The summed E-state index contributed by atoms with van der Waals surface area (Å²) >= 11 is 3.28. The summed E-state index contributed by atoms with van der Waals surface area (Å²) in [5, 5.41) is 11.7. The quantitative estimate of drug-likeness (QED) is 0.713. The number of benzene rings is 1. The third-order valence-electron chi connectivity index (χ3n) is 4.01. The number of carbonyl (C=O) groups excluding carboxylic acids is 1. The Morgan fingerprint density at radius 3 is 2.92 bits per heavy atom. The van der Waals surface area contributed by atoms with Gasteiger partial charge in [0.05, 0.1) is 34.8 Å². The molecule has 0 radical (unpaired) electrons. The Labute approximate surface area is 157 Å². The van der Waals surface area contributed by atoms with Crippen molar-refractivity contribution in [1.82, 2.24) is 4.98 Å². The maximum absolute atomic E-state index is 12.5. The molecule has 1 aliphatic heterocycles. The van der Waals surface area contributed by atoms with Crippen molar-refractivity contribution in [1.29, 1.82) is 5.26 Å². The van der Waals surface area contributed by atoms with Crippen LogP contribution in [0, 0.1) is 11.3 Å². The minimum Gasteiger partial charge on any atom is -0.472 e. The summed E-state index contributed by atoms with van der Waals surface area (Å²) in [6.45, 7) is 0.604. The lowest BCUT2D eigenvalue weighted by Gasteiger charge is -2.09. The lowest BCUT2D eigenvalue weighted by atomic mass is 10.0. The predicted octanol–water partition coefficient (Wildman–Crippen LogP) is 3.91. The van der Waals surface area contributed by atoms with Crippen LogP contribution in [0.25, 0.3) is 0 Å². The van der Waals surface area contributed by atoms with E-state index in [0.717, 1.165) is 22.4 Å².